The molecular formula is C21H21N3O. The Kier molecular flexibility index (Phi) is 3.80. The van der Waals surface area contributed by atoms with Crippen molar-refractivity contribution in [2.45, 2.75) is 19.6 Å². The molecule has 2 aromatic carbocycles. The van der Waals surface area contributed by atoms with E-state index in [1.807, 2.05) is 48.5 Å². The zero-order valence-electron chi connectivity index (χ0n) is 14.4. The molecule has 0 saturated carbocycles. The van der Waals surface area contributed by atoms with Gasteiger partial charge in [0.25, 0.3) is 5.91 Å². The highest BCUT2D eigenvalue weighted by atomic mass is 16.2. The lowest BCUT2D eigenvalue weighted by molar-refractivity contribution is 0.0660. The molecule has 1 atom stereocenters. The number of carbonyl (C=O) groups is 1. The Labute approximate surface area is 147 Å². The average Bonchev–Trinajstić information content (AvgIpc) is 3.05. The van der Waals surface area contributed by atoms with Gasteiger partial charge in [0.2, 0.25) is 0 Å². The largest absolute Gasteiger partial charge is 0.360 e. The predicted molar refractivity (Wildman–Crippen MR) is 99.3 cm³/mol. The molecule has 0 fully saturated rings. The molecule has 1 aliphatic heterocycles. The molecule has 2 heterocycles. The van der Waals surface area contributed by atoms with Crippen molar-refractivity contribution in [1.29, 1.82) is 0 Å². The number of amides is 1. The van der Waals surface area contributed by atoms with Gasteiger partial charge in [-0.2, -0.15) is 0 Å². The summed E-state index contributed by atoms with van der Waals surface area (Å²) < 4.78 is 2.06. The summed E-state index contributed by atoms with van der Waals surface area (Å²) in [5, 5.41) is 3.54. The monoisotopic (exact) mass is 331 g/mol. The van der Waals surface area contributed by atoms with Crippen molar-refractivity contribution in [3.05, 3.63) is 89.2 Å². The van der Waals surface area contributed by atoms with Crippen LogP contribution in [-0.2, 0) is 13.6 Å². The van der Waals surface area contributed by atoms with Crippen LogP contribution >= 0.6 is 0 Å². The molecule has 126 valence electrons. The van der Waals surface area contributed by atoms with Crippen molar-refractivity contribution in [3.63, 3.8) is 0 Å². The van der Waals surface area contributed by atoms with Crippen molar-refractivity contribution in [2.24, 2.45) is 7.05 Å². The van der Waals surface area contributed by atoms with Crippen molar-refractivity contribution in [2.75, 3.05) is 5.32 Å². The first-order valence-corrected chi connectivity index (χ1v) is 8.47. The Balaban J connectivity index is 1.75. The second-order valence-corrected chi connectivity index (χ2v) is 6.56. The minimum atomic E-state index is -0.191. The molecule has 3 aromatic rings. The number of para-hydroxylation sites is 1. The summed E-state index contributed by atoms with van der Waals surface area (Å²) in [6, 6.07) is 20.1. The zero-order valence-corrected chi connectivity index (χ0v) is 14.4. The van der Waals surface area contributed by atoms with E-state index in [-0.39, 0.29) is 12.1 Å². The number of nitrogens with zero attached hydrogens (tertiary/aromatic N) is 2. The van der Waals surface area contributed by atoms with Crippen molar-refractivity contribution < 1.29 is 4.79 Å². The minimum absolute atomic E-state index is 0.0566. The lowest BCUT2D eigenvalue weighted by Gasteiger charge is -2.38. The number of benzene rings is 2. The van der Waals surface area contributed by atoms with E-state index in [1.165, 1.54) is 5.56 Å². The van der Waals surface area contributed by atoms with Gasteiger partial charge in [0.05, 0.1) is 11.3 Å². The van der Waals surface area contributed by atoms with Crippen LogP contribution in [0.2, 0.25) is 0 Å². The maximum atomic E-state index is 13.2. The number of fused-ring (bicyclic) bond motifs is 1. The third kappa shape index (κ3) is 2.80. The minimum Gasteiger partial charge on any atom is -0.360 e. The summed E-state index contributed by atoms with van der Waals surface area (Å²) >= 11 is 0. The Hall–Kier alpha value is -3.01. The maximum Gasteiger partial charge on any atom is 0.258 e. The van der Waals surface area contributed by atoms with Gasteiger partial charge in [-0.05, 0) is 36.8 Å². The molecule has 0 aliphatic carbocycles. The SMILES string of the molecule is Cc1ccc(CN2C(=O)c3ccccc3N[C@H]2c2cccn2C)cc1. The molecule has 0 spiro atoms. The van der Waals surface area contributed by atoms with E-state index >= 15 is 0 Å². The van der Waals surface area contributed by atoms with E-state index in [2.05, 4.69) is 47.1 Å². The summed E-state index contributed by atoms with van der Waals surface area (Å²) in [4.78, 5) is 15.1. The topological polar surface area (TPSA) is 37.3 Å². The molecule has 0 saturated heterocycles. The van der Waals surface area contributed by atoms with Crippen LogP contribution in [0.5, 0.6) is 0 Å². The van der Waals surface area contributed by atoms with Gasteiger partial charge in [-0.3, -0.25) is 4.79 Å². The van der Waals surface area contributed by atoms with Crippen LogP contribution < -0.4 is 5.32 Å². The first kappa shape index (κ1) is 15.5. The third-order valence-electron chi connectivity index (χ3n) is 4.76. The fourth-order valence-electron chi connectivity index (χ4n) is 3.34. The predicted octanol–water partition coefficient (Wildman–Crippen LogP) is 4.10. The summed E-state index contributed by atoms with van der Waals surface area (Å²) in [7, 11) is 2.01. The quantitative estimate of drug-likeness (QED) is 0.784. The van der Waals surface area contributed by atoms with Crippen LogP contribution in [0.1, 0.15) is 33.3 Å². The molecule has 0 bridgehead atoms. The highest BCUT2D eigenvalue weighted by Crippen LogP contribution is 2.34. The highest BCUT2D eigenvalue weighted by Gasteiger charge is 2.33. The number of hydrogen-bond acceptors (Lipinski definition) is 2. The Morgan fingerprint density at radius 1 is 1.00 bits per heavy atom. The van der Waals surface area contributed by atoms with E-state index < -0.39 is 0 Å². The Morgan fingerprint density at radius 2 is 1.76 bits per heavy atom. The molecular weight excluding hydrogens is 310 g/mol. The number of hydrogen-bond donors (Lipinski definition) is 1. The maximum absolute atomic E-state index is 13.2. The lowest BCUT2D eigenvalue weighted by Crippen LogP contribution is -2.43. The first-order valence-electron chi connectivity index (χ1n) is 8.47. The van der Waals surface area contributed by atoms with E-state index in [1.54, 1.807) is 0 Å². The summed E-state index contributed by atoms with van der Waals surface area (Å²) in [5.41, 5.74) is 5.02. The van der Waals surface area contributed by atoms with E-state index in [4.69, 9.17) is 0 Å². The van der Waals surface area contributed by atoms with Gasteiger partial charge in [-0.15, -0.1) is 0 Å². The van der Waals surface area contributed by atoms with Crippen LogP contribution in [0.3, 0.4) is 0 Å². The number of aromatic nitrogens is 1. The molecule has 1 N–H and O–H groups in total. The molecule has 4 heteroatoms. The molecule has 1 aromatic heterocycles. The molecule has 1 amide bonds. The first-order chi connectivity index (χ1) is 12.1. The molecule has 0 radical (unpaired) electrons. The van der Waals surface area contributed by atoms with Crippen LogP contribution in [0.4, 0.5) is 5.69 Å². The van der Waals surface area contributed by atoms with Gasteiger partial charge < -0.3 is 14.8 Å². The van der Waals surface area contributed by atoms with Gasteiger partial charge in [0, 0.05) is 25.5 Å². The van der Waals surface area contributed by atoms with Crippen molar-refractivity contribution >= 4 is 11.6 Å². The number of carbonyl (C=O) groups excluding carboxylic acids is 1. The number of anilines is 1. The summed E-state index contributed by atoms with van der Waals surface area (Å²) in [6.07, 6.45) is 1.81. The number of rotatable bonds is 3. The van der Waals surface area contributed by atoms with Gasteiger partial charge >= 0.3 is 0 Å². The Bertz CT molecular complexity index is 911. The molecule has 4 rings (SSSR count). The smallest absolute Gasteiger partial charge is 0.258 e. The average molecular weight is 331 g/mol. The number of nitrogens with one attached hydrogen (secondary N) is 1. The van der Waals surface area contributed by atoms with Gasteiger partial charge in [0.1, 0.15) is 6.17 Å². The fraction of sp³-hybridized carbons (Fsp3) is 0.190. The van der Waals surface area contributed by atoms with E-state index in [0.717, 1.165) is 22.5 Å². The van der Waals surface area contributed by atoms with Crippen LogP contribution in [0.15, 0.2) is 66.9 Å². The van der Waals surface area contributed by atoms with Crippen molar-refractivity contribution in [3.8, 4) is 0 Å². The fourth-order valence-corrected chi connectivity index (χ4v) is 3.34. The Morgan fingerprint density at radius 3 is 2.48 bits per heavy atom. The standard InChI is InChI=1S/C21H21N3O/c1-15-9-11-16(12-10-15)14-24-20(19-8-5-13-23(19)2)22-18-7-4-3-6-17(18)21(24)25/h3-13,20,22H,14H2,1-2H3/t20-/m1/s1. The van der Waals surface area contributed by atoms with E-state index in [9.17, 15) is 4.79 Å². The molecule has 0 unspecified atom stereocenters. The number of aryl methyl sites for hydroxylation is 2. The molecule has 4 nitrogen and oxygen atoms in total. The van der Waals surface area contributed by atoms with Gasteiger partial charge in [0.15, 0.2) is 0 Å². The van der Waals surface area contributed by atoms with E-state index in [0.29, 0.717) is 6.54 Å². The highest BCUT2D eigenvalue weighted by molar-refractivity contribution is 6.01. The van der Waals surface area contributed by atoms with Gasteiger partial charge in [-0.25, -0.2) is 0 Å². The zero-order chi connectivity index (χ0) is 17.4. The van der Waals surface area contributed by atoms with Crippen LogP contribution in [0.25, 0.3) is 0 Å². The summed E-state index contributed by atoms with van der Waals surface area (Å²) in [6.45, 7) is 2.64. The lowest BCUT2D eigenvalue weighted by atomic mass is 10.0. The molecule has 1 aliphatic rings. The normalized spacial score (nSPS) is 16.5. The summed E-state index contributed by atoms with van der Waals surface area (Å²) in [5.74, 6) is 0.0566. The van der Waals surface area contributed by atoms with Crippen LogP contribution in [-0.4, -0.2) is 15.4 Å². The third-order valence-corrected chi connectivity index (χ3v) is 4.76. The molecule has 25 heavy (non-hydrogen) atoms. The van der Waals surface area contributed by atoms with Crippen molar-refractivity contribution in [1.82, 2.24) is 9.47 Å². The van der Waals surface area contributed by atoms with Gasteiger partial charge in [-0.1, -0.05) is 42.0 Å². The van der Waals surface area contributed by atoms with Crippen LogP contribution in [0, 0.1) is 6.92 Å². The second-order valence-electron chi connectivity index (χ2n) is 6.56. The second kappa shape index (κ2) is 6.13.